The standard InChI is InChI=1S/C18H19N3O4S/c1-24-14-4-7-16-17(12-14)20-18(19-16)13-2-5-15(6-3-13)26(22,23)21-8-10-25-11-9-21/h2-7,12H,8-11H2,1H3,(H,19,20). The molecule has 1 fully saturated rings. The van der Waals surface area contributed by atoms with Crippen LogP contribution in [0.3, 0.4) is 0 Å². The number of sulfonamides is 1. The smallest absolute Gasteiger partial charge is 0.243 e. The van der Waals surface area contributed by atoms with Crippen molar-refractivity contribution in [2.75, 3.05) is 33.4 Å². The normalized spacial score (nSPS) is 16.0. The Kier molecular flexibility index (Phi) is 4.39. The molecule has 0 unspecified atom stereocenters. The molecule has 2 aromatic carbocycles. The lowest BCUT2D eigenvalue weighted by molar-refractivity contribution is 0.0730. The summed E-state index contributed by atoms with van der Waals surface area (Å²) < 4.78 is 37.3. The third-order valence-electron chi connectivity index (χ3n) is 4.42. The van der Waals surface area contributed by atoms with Crippen LogP contribution in [0.15, 0.2) is 47.4 Å². The molecular formula is C18H19N3O4S. The largest absolute Gasteiger partial charge is 0.497 e. The van der Waals surface area contributed by atoms with Crippen LogP contribution in [0.4, 0.5) is 0 Å². The number of fused-ring (bicyclic) bond motifs is 1. The van der Waals surface area contributed by atoms with Crippen LogP contribution in [0.2, 0.25) is 0 Å². The molecule has 0 spiro atoms. The molecule has 1 N–H and O–H groups in total. The Morgan fingerprint density at radius 3 is 2.54 bits per heavy atom. The van der Waals surface area contributed by atoms with Crippen LogP contribution >= 0.6 is 0 Å². The number of nitrogens with zero attached hydrogens (tertiary/aromatic N) is 2. The second-order valence-corrected chi connectivity index (χ2v) is 7.95. The predicted molar refractivity (Wildman–Crippen MR) is 97.7 cm³/mol. The zero-order valence-corrected chi connectivity index (χ0v) is 15.1. The minimum atomic E-state index is -3.49. The number of H-pyrrole nitrogens is 1. The third kappa shape index (κ3) is 3.07. The summed E-state index contributed by atoms with van der Waals surface area (Å²) in [5.74, 6) is 1.43. The molecule has 0 amide bonds. The molecule has 1 aliphatic rings. The predicted octanol–water partition coefficient (Wildman–Crippen LogP) is 2.26. The summed E-state index contributed by atoms with van der Waals surface area (Å²) in [7, 11) is -1.87. The van der Waals surface area contributed by atoms with Gasteiger partial charge >= 0.3 is 0 Å². The Balaban J connectivity index is 1.63. The number of imidazole rings is 1. The number of nitrogens with one attached hydrogen (secondary N) is 1. The topological polar surface area (TPSA) is 84.5 Å². The van der Waals surface area contributed by atoms with Crippen LogP contribution in [0.5, 0.6) is 5.75 Å². The van der Waals surface area contributed by atoms with E-state index in [2.05, 4.69) is 9.97 Å². The highest BCUT2D eigenvalue weighted by Gasteiger charge is 2.26. The SMILES string of the molecule is COc1ccc2nc(-c3ccc(S(=O)(=O)N4CCOCC4)cc3)[nH]c2c1. The molecule has 26 heavy (non-hydrogen) atoms. The molecule has 0 atom stereocenters. The first-order valence-electron chi connectivity index (χ1n) is 8.30. The number of aromatic nitrogens is 2. The van der Waals surface area contributed by atoms with Gasteiger partial charge in [-0.25, -0.2) is 13.4 Å². The maximum atomic E-state index is 12.7. The maximum Gasteiger partial charge on any atom is 0.243 e. The van der Waals surface area contributed by atoms with Crippen LogP contribution in [-0.2, 0) is 14.8 Å². The fraction of sp³-hybridized carbons (Fsp3) is 0.278. The van der Waals surface area contributed by atoms with Crippen molar-refractivity contribution in [3.05, 3.63) is 42.5 Å². The van der Waals surface area contributed by atoms with Crippen LogP contribution in [0.25, 0.3) is 22.4 Å². The van der Waals surface area contributed by atoms with E-state index in [1.54, 1.807) is 31.4 Å². The van der Waals surface area contributed by atoms with E-state index in [9.17, 15) is 8.42 Å². The van der Waals surface area contributed by atoms with Crippen molar-refractivity contribution in [1.82, 2.24) is 14.3 Å². The van der Waals surface area contributed by atoms with E-state index in [1.807, 2.05) is 18.2 Å². The van der Waals surface area contributed by atoms with E-state index >= 15 is 0 Å². The van der Waals surface area contributed by atoms with Crippen molar-refractivity contribution < 1.29 is 17.9 Å². The van der Waals surface area contributed by atoms with Gasteiger partial charge in [0.05, 0.1) is 36.3 Å². The van der Waals surface area contributed by atoms with Crippen molar-refractivity contribution in [2.45, 2.75) is 4.90 Å². The lowest BCUT2D eigenvalue weighted by Crippen LogP contribution is -2.40. The highest BCUT2D eigenvalue weighted by molar-refractivity contribution is 7.89. The number of morpholine rings is 1. The van der Waals surface area contributed by atoms with E-state index < -0.39 is 10.0 Å². The number of ether oxygens (including phenoxy) is 2. The molecule has 7 nitrogen and oxygen atoms in total. The van der Waals surface area contributed by atoms with Crippen molar-refractivity contribution in [2.24, 2.45) is 0 Å². The zero-order chi connectivity index (χ0) is 18.1. The van der Waals surface area contributed by atoms with Gasteiger partial charge in [-0.05, 0) is 36.4 Å². The quantitative estimate of drug-likeness (QED) is 0.758. The Labute approximate surface area is 151 Å². The van der Waals surface area contributed by atoms with Crippen LogP contribution in [0, 0.1) is 0 Å². The lowest BCUT2D eigenvalue weighted by Gasteiger charge is -2.26. The van der Waals surface area contributed by atoms with Gasteiger partial charge in [0.1, 0.15) is 11.6 Å². The van der Waals surface area contributed by atoms with E-state index in [0.717, 1.165) is 22.3 Å². The van der Waals surface area contributed by atoms with Gasteiger partial charge in [0.25, 0.3) is 0 Å². The highest BCUT2D eigenvalue weighted by atomic mass is 32.2. The molecule has 136 valence electrons. The van der Waals surface area contributed by atoms with E-state index in [-0.39, 0.29) is 4.90 Å². The molecule has 3 aromatic rings. The van der Waals surface area contributed by atoms with Crippen LogP contribution in [0.1, 0.15) is 0 Å². The molecule has 0 aliphatic carbocycles. The van der Waals surface area contributed by atoms with Gasteiger partial charge in [0.15, 0.2) is 0 Å². The Bertz CT molecular complexity index is 1020. The van der Waals surface area contributed by atoms with Crippen molar-refractivity contribution >= 4 is 21.1 Å². The number of benzene rings is 2. The Morgan fingerprint density at radius 1 is 1.12 bits per heavy atom. The van der Waals surface area contributed by atoms with Crippen LogP contribution < -0.4 is 4.74 Å². The summed E-state index contributed by atoms with van der Waals surface area (Å²) >= 11 is 0. The molecule has 1 aliphatic heterocycles. The number of hydrogen-bond donors (Lipinski definition) is 1. The van der Waals surface area contributed by atoms with E-state index in [1.165, 1.54) is 4.31 Å². The van der Waals surface area contributed by atoms with Crippen molar-refractivity contribution in [3.8, 4) is 17.1 Å². The molecule has 0 bridgehead atoms. The number of hydrogen-bond acceptors (Lipinski definition) is 5. The number of methoxy groups -OCH3 is 1. The monoisotopic (exact) mass is 373 g/mol. The van der Waals surface area contributed by atoms with Gasteiger partial charge in [-0.3, -0.25) is 0 Å². The van der Waals surface area contributed by atoms with Crippen molar-refractivity contribution in [3.63, 3.8) is 0 Å². The summed E-state index contributed by atoms with van der Waals surface area (Å²) in [6.45, 7) is 1.63. The molecular weight excluding hydrogens is 354 g/mol. The molecule has 1 saturated heterocycles. The van der Waals surface area contributed by atoms with Gasteiger partial charge in [0.2, 0.25) is 10.0 Å². The second kappa shape index (κ2) is 6.71. The summed E-state index contributed by atoms with van der Waals surface area (Å²) in [5, 5.41) is 0. The van der Waals surface area contributed by atoms with Gasteiger partial charge in [0, 0.05) is 24.7 Å². The lowest BCUT2D eigenvalue weighted by atomic mass is 10.2. The highest BCUT2D eigenvalue weighted by Crippen LogP contribution is 2.25. The second-order valence-electron chi connectivity index (χ2n) is 6.01. The fourth-order valence-electron chi connectivity index (χ4n) is 2.97. The Hall–Kier alpha value is -2.42. The molecule has 0 radical (unpaired) electrons. The molecule has 0 saturated carbocycles. The maximum absolute atomic E-state index is 12.7. The molecule has 4 rings (SSSR count). The summed E-state index contributed by atoms with van der Waals surface area (Å²) in [4.78, 5) is 8.07. The number of aromatic amines is 1. The van der Waals surface area contributed by atoms with Gasteiger partial charge in [-0.15, -0.1) is 0 Å². The van der Waals surface area contributed by atoms with Gasteiger partial charge in [-0.2, -0.15) is 4.31 Å². The third-order valence-corrected chi connectivity index (χ3v) is 6.34. The number of rotatable bonds is 4. The summed E-state index contributed by atoms with van der Waals surface area (Å²) in [5.41, 5.74) is 2.51. The average molecular weight is 373 g/mol. The Morgan fingerprint density at radius 2 is 1.85 bits per heavy atom. The van der Waals surface area contributed by atoms with Gasteiger partial charge < -0.3 is 14.5 Å². The molecule has 8 heteroatoms. The van der Waals surface area contributed by atoms with E-state index in [4.69, 9.17) is 9.47 Å². The molecule has 1 aromatic heterocycles. The van der Waals surface area contributed by atoms with Crippen molar-refractivity contribution in [1.29, 1.82) is 0 Å². The van der Waals surface area contributed by atoms with E-state index in [0.29, 0.717) is 32.1 Å². The first kappa shape index (κ1) is 17.0. The fourth-order valence-corrected chi connectivity index (χ4v) is 4.38. The van der Waals surface area contributed by atoms with Crippen LogP contribution in [-0.4, -0.2) is 56.1 Å². The molecule has 2 heterocycles. The summed E-state index contributed by atoms with van der Waals surface area (Å²) in [6, 6.07) is 12.4. The minimum Gasteiger partial charge on any atom is -0.497 e. The summed E-state index contributed by atoms with van der Waals surface area (Å²) in [6.07, 6.45) is 0. The van der Waals surface area contributed by atoms with Gasteiger partial charge in [-0.1, -0.05) is 0 Å². The zero-order valence-electron chi connectivity index (χ0n) is 14.3. The average Bonchev–Trinajstić information content (AvgIpc) is 3.12. The first-order chi connectivity index (χ1) is 12.6. The minimum absolute atomic E-state index is 0.279. The first-order valence-corrected chi connectivity index (χ1v) is 9.74.